The van der Waals surface area contributed by atoms with Crippen molar-refractivity contribution in [3.8, 4) is 5.69 Å². The van der Waals surface area contributed by atoms with Crippen LogP contribution in [0.3, 0.4) is 0 Å². The molecule has 8 heteroatoms. The number of benzene rings is 1. The van der Waals surface area contributed by atoms with Crippen LogP contribution in [0.2, 0.25) is 0 Å². The van der Waals surface area contributed by atoms with Crippen LogP contribution in [0.1, 0.15) is 29.0 Å². The van der Waals surface area contributed by atoms with Gasteiger partial charge in [-0.3, -0.25) is 9.59 Å². The predicted molar refractivity (Wildman–Crippen MR) is 87.3 cm³/mol. The monoisotopic (exact) mass is 377 g/mol. The summed E-state index contributed by atoms with van der Waals surface area (Å²) in [4.78, 5) is 24.1. The Bertz CT molecular complexity index is 758. The summed E-state index contributed by atoms with van der Waals surface area (Å²) in [5, 5.41) is 13.5. The van der Waals surface area contributed by atoms with Crippen molar-refractivity contribution in [3.63, 3.8) is 0 Å². The summed E-state index contributed by atoms with van der Waals surface area (Å²) >= 11 is 3.41. The van der Waals surface area contributed by atoms with Gasteiger partial charge in [-0.25, -0.2) is 4.68 Å². The van der Waals surface area contributed by atoms with Crippen LogP contribution in [-0.2, 0) is 4.79 Å². The lowest BCUT2D eigenvalue weighted by Crippen LogP contribution is -2.50. The summed E-state index contributed by atoms with van der Waals surface area (Å²) in [6, 6.07) is 7.05. The van der Waals surface area contributed by atoms with Crippen molar-refractivity contribution in [2.24, 2.45) is 0 Å². The van der Waals surface area contributed by atoms with Gasteiger partial charge in [-0.1, -0.05) is 27.2 Å². The van der Waals surface area contributed by atoms with Crippen molar-refractivity contribution in [2.45, 2.75) is 25.8 Å². The molecule has 1 aliphatic rings. The first-order valence-electron chi connectivity index (χ1n) is 7.33. The van der Waals surface area contributed by atoms with E-state index in [2.05, 4.69) is 36.9 Å². The topological polar surface area (TPSA) is 88.9 Å². The molecule has 2 heterocycles. The summed E-state index contributed by atoms with van der Waals surface area (Å²) in [5.41, 5.74) is 1.65. The van der Waals surface area contributed by atoms with E-state index >= 15 is 0 Å². The van der Waals surface area contributed by atoms with E-state index in [1.54, 1.807) is 11.6 Å². The SMILES string of the molecule is Cc1c(C(=O)NC2CCCNC2=O)nnn1-c1cccc(Br)c1. The molecular weight excluding hydrogens is 362 g/mol. The summed E-state index contributed by atoms with van der Waals surface area (Å²) in [5.74, 6) is -0.535. The zero-order valence-corrected chi connectivity index (χ0v) is 14.1. The molecular formula is C15H16BrN5O2. The third kappa shape index (κ3) is 3.26. The number of halogens is 1. The Hall–Kier alpha value is -2.22. The van der Waals surface area contributed by atoms with E-state index in [0.29, 0.717) is 18.7 Å². The first-order valence-corrected chi connectivity index (χ1v) is 8.12. The molecule has 1 saturated heterocycles. The Balaban J connectivity index is 1.81. The lowest BCUT2D eigenvalue weighted by molar-refractivity contribution is -0.124. The minimum absolute atomic E-state index is 0.151. The minimum Gasteiger partial charge on any atom is -0.354 e. The van der Waals surface area contributed by atoms with Crippen LogP contribution < -0.4 is 10.6 Å². The van der Waals surface area contributed by atoms with Crippen LogP contribution in [-0.4, -0.2) is 39.4 Å². The van der Waals surface area contributed by atoms with Crippen LogP contribution in [0.25, 0.3) is 5.69 Å². The van der Waals surface area contributed by atoms with Crippen molar-refractivity contribution >= 4 is 27.7 Å². The molecule has 1 aliphatic heterocycles. The number of hydrogen-bond donors (Lipinski definition) is 2. The van der Waals surface area contributed by atoms with Gasteiger partial charge in [0.05, 0.1) is 11.4 Å². The zero-order chi connectivity index (χ0) is 16.4. The molecule has 7 nitrogen and oxygen atoms in total. The lowest BCUT2D eigenvalue weighted by atomic mass is 10.1. The molecule has 1 atom stereocenters. The number of carbonyl (C=O) groups excluding carboxylic acids is 2. The summed E-state index contributed by atoms with van der Waals surface area (Å²) in [6.45, 7) is 2.43. The van der Waals surface area contributed by atoms with Gasteiger partial charge < -0.3 is 10.6 Å². The van der Waals surface area contributed by atoms with E-state index in [0.717, 1.165) is 16.6 Å². The van der Waals surface area contributed by atoms with Crippen molar-refractivity contribution in [3.05, 3.63) is 40.1 Å². The zero-order valence-electron chi connectivity index (χ0n) is 12.5. The normalized spacial score (nSPS) is 17.7. The molecule has 23 heavy (non-hydrogen) atoms. The van der Waals surface area contributed by atoms with Gasteiger partial charge in [0, 0.05) is 11.0 Å². The summed E-state index contributed by atoms with van der Waals surface area (Å²) in [6.07, 6.45) is 1.48. The van der Waals surface area contributed by atoms with Crippen molar-refractivity contribution in [1.82, 2.24) is 25.6 Å². The first kappa shape index (κ1) is 15.7. The highest BCUT2D eigenvalue weighted by Gasteiger charge is 2.26. The van der Waals surface area contributed by atoms with Crippen molar-refractivity contribution in [1.29, 1.82) is 0 Å². The maximum Gasteiger partial charge on any atom is 0.274 e. The largest absolute Gasteiger partial charge is 0.354 e. The number of aromatic nitrogens is 3. The third-order valence-electron chi connectivity index (χ3n) is 3.75. The second-order valence-corrected chi connectivity index (χ2v) is 6.29. The molecule has 1 aromatic carbocycles. The summed E-state index contributed by atoms with van der Waals surface area (Å²) in [7, 11) is 0. The van der Waals surface area contributed by atoms with Gasteiger partial charge in [0.15, 0.2) is 5.69 Å². The molecule has 2 aromatic rings. The van der Waals surface area contributed by atoms with Gasteiger partial charge in [0.25, 0.3) is 5.91 Å². The molecule has 0 radical (unpaired) electrons. The van der Waals surface area contributed by atoms with Crippen LogP contribution in [0.15, 0.2) is 28.7 Å². The predicted octanol–water partition coefficient (Wildman–Crippen LogP) is 1.35. The van der Waals surface area contributed by atoms with E-state index in [-0.39, 0.29) is 17.5 Å². The Morgan fingerprint density at radius 1 is 1.48 bits per heavy atom. The fourth-order valence-corrected chi connectivity index (χ4v) is 2.92. The molecule has 1 aromatic heterocycles. The molecule has 0 bridgehead atoms. The molecule has 0 saturated carbocycles. The number of nitrogens with zero attached hydrogens (tertiary/aromatic N) is 3. The highest BCUT2D eigenvalue weighted by molar-refractivity contribution is 9.10. The highest BCUT2D eigenvalue weighted by atomic mass is 79.9. The lowest BCUT2D eigenvalue weighted by Gasteiger charge is -2.22. The van der Waals surface area contributed by atoms with Crippen molar-refractivity contribution in [2.75, 3.05) is 6.54 Å². The molecule has 0 spiro atoms. The van der Waals surface area contributed by atoms with Crippen LogP contribution >= 0.6 is 15.9 Å². The minimum atomic E-state index is -0.508. The van der Waals surface area contributed by atoms with Crippen molar-refractivity contribution < 1.29 is 9.59 Å². The van der Waals surface area contributed by atoms with E-state index in [4.69, 9.17) is 0 Å². The number of carbonyl (C=O) groups is 2. The second kappa shape index (κ2) is 6.49. The number of hydrogen-bond acceptors (Lipinski definition) is 4. The van der Waals surface area contributed by atoms with Crippen LogP contribution in [0.5, 0.6) is 0 Å². The van der Waals surface area contributed by atoms with E-state index in [1.807, 2.05) is 24.3 Å². The molecule has 2 N–H and O–H groups in total. The van der Waals surface area contributed by atoms with Crippen LogP contribution in [0.4, 0.5) is 0 Å². The second-order valence-electron chi connectivity index (χ2n) is 5.37. The first-order chi connectivity index (χ1) is 11.1. The average molecular weight is 378 g/mol. The van der Waals surface area contributed by atoms with Gasteiger partial charge in [0.1, 0.15) is 6.04 Å². The van der Waals surface area contributed by atoms with Gasteiger partial charge in [-0.05, 0) is 38.0 Å². The fourth-order valence-electron chi connectivity index (χ4n) is 2.53. The summed E-state index contributed by atoms with van der Waals surface area (Å²) < 4.78 is 2.51. The van der Waals surface area contributed by atoms with Gasteiger partial charge >= 0.3 is 0 Å². The molecule has 0 aliphatic carbocycles. The molecule has 1 fully saturated rings. The molecule has 3 rings (SSSR count). The number of piperidine rings is 1. The average Bonchev–Trinajstić information content (AvgIpc) is 2.91. The highest BCUT2D eigenvalue weighted by Crippen LogP contribution is 2.17. The Morgan fingerprint density at radius 3 is 3.04 bits per heavy atom. The Labute approximate surface area is 141 Å². The Morgan fingerprint density at radius 2 is 2.30 bits per heavy atom. The smallest absolute Gasteiger partial charge is 0.274 e. The fraction of sp³-hybridized carbons (Fsp3) is 0.333. The maximum absolute atomic E-state index is 12.4. The number of amides is 2. The van der Waals surface area contributed by atoms with Crippen LogP contribution in [0, 0.1) is 6.92 Å². The van der Waals surface area contributed by atoms with E-state index < -0.39 is 6.04 Å². The molecule has 2 amide bonds. The van der Waals surface area contributed by atoms with Gasteiger partial charge in [-0.2, -0.15) is 0 Å². The maximum atomic E-state index is 12.4. The van der Waals surface area contributed by atoms with Gasteiger partial charge in [-0.15, -0.1) is 5.10 Å². The number of rotatable bonds is 3. The third-order valence-corrected chi connectivity index (χ3v) is 4.25. The molecule has 120 valence electrons. The molecule has 1 unspecified atom stereocenters. The standard InChI is InChI=1S/C15H16BrN5O2/c1-9-13(15(23)18-12-6-3-7-17-14(12)22)19-20-21(9)11-5-2-4-10(16)8-11/h2,4-5,8,12H,3,6-7H2,1H3,(H,17,22)(H,18,23). The number of nitrogens with one attached hydrogen (secondary N) is 2. The van der Waals surface area contributed by atoms with E-state index in [9.17, 15) is 9.59 Å². The Kier molecular flexibility index (Phi) is 4.42. The quantitative estimate of drug-likeness (QED) is 0.844. The van der Waals surface area contributed by atoms with Gasteiger partial charge in [0.2, 0.25) is 5.91 Å². The van der Waals surface area contributed by atoms with E-state index in [1.165, 1.54) is 0 Å².